The maximum absolute atomic E-state index is 14.0. The fourth-order valence-electron chi connectivity index (χ4n) is 8.90. The van der Waals surface area contributed by atoms with Gasteiger partial charge in [-0.15, -0.1) is 0 Å². The van der Waals surface area contributed by atoms with Crippen LogP contribution in [0.15, 0.2) is 35.5 Å². The number of nitrogens with zero attached hydrogens (tertiary/aromatic N) is 1. The molecule has 1 amide bonds. The zero-order chi connectivity index (χ0) is 42.1. The molecule has 3 rings (SSSR count). The normalized spacial score (nSPS) is 26.5. The van der Waals surface area contributed by atoms with Crippen molar-refractivity contribution in [1.29, 1.82) is 5.41 Å². The Bertz CT molecular complexity index is 1360. The van der Waals surface area contributed by atoms with Crippen LogP contribution in [-0.2, 0) is 28.6 Å². The van der Waals surface area contributed by atoms with Gasteiger partial charge >= 0.3 is 5.97 Å². The van der Waals surface area contributed by atoms with E-state index in [1.165, 1.54) is 4.90 Å². The van der Waals surface area contributed by atoms with Gasteiger partial charge in [0.25, 0.3) is 5.91 Å². The number of aliphatic hydroxyl groups is 2. The molecule has 2 unspecified atom stereocenters. The second-order valence-corrected chi connectivity index (χ2v) is 18.0. The lowest BCUT2D eigenvalue weighted by atomic mass is 9.83. The number of allylic oxidation sites excluding steroid dienone is 4. The third-order valence-electron chi connectivity index (χ3n) is 12.6. The van der Waals surface area contributed by atoms with Crippen LogP contribution in [0.5, 0.6) is 0 Å². The van der Waals surface area contributed by atoms with Crippen LogP contribution in [0.4, 0.5) is 0 Å². The summed E-state index contributed by atoms with van der Waals surface area (Å²) in [6.45, 7) is 14.7. The van der Waals surface area contributed by atoms with Gasteiger partial charge in [-0.3, -0.25) is 9.59 Å². The van der Waals surface area contributed by atoms with Gasteiger partial charge in [-0.25, -0.2) is 4.79 Å². The highest BCUT2D eigenvalue weighted by Crippen LogP contribution is 2.31. The molecule has 1 aliphatic carbocycles. The summed E-state index contributed by atoms with van der Waals surface area (Å²) >= 11 is 0. The molecule has 0 aromatic rings. The number of likely N-dealkylation sites (tertiary alicyclic amines) is 1. The Morgan fingerprint density at radius 1 is 0.930 bits per heavy atom. The number of ketones is 1. The van der Waals surface area contributed by atoms with E-state index in [9.17, 15) is 24.6 Å². The molecule has 2 saturated heterocycles. The molecule has 10 nitrogen and oxygen atoms in total. The van der Waals surface area contributed by atoms with Crippen LogP contribution in [0.1, 0.15) is 158 Å². The summed E-state index contributed by atoms with van der Waals surface area (Å²) < 4.78 is 18.3. The molecule has 3 fully saturated rings. The zero-order valence-corrected chi connectivity index (χ0v) is 36.7. The van der Waals surface area contributed by atoms with E-state index in [4.69, 9.17) is 19.6 Å². The highest BCUT2D eigenvalue weighted by molar-refractivity contribution is 6.38. The average Bonchev–Trinajstić information content (AvgIpc) is 3.19. The summed E-state index contributed by atoms with van der Waals surface area (Å²) in [6, 6.07) is -0.817. The van der Waals surface area contributed by atoms with Gasteiger partial charge in [-0.2, -0.15) is 0 Å². The molecule has 0 aromatic carbocycles. The lowest BCUT2D eigenvalue weighted by Gasteiger charge is -2.36. The molecular weight excluding hydrogens is 721 g/mol. The van der Waals surface area contributed by atoms with E-state index in [1.54, 1.807) is 7.11 Å². The van der Waals surface area contributed by atoms with Crippen LogP contribution < -0.4 is 0 Å². The first-order valence-corrected chi connectivity index (χ1v) is 22.3. The first-order chi connectivity index (χ1) is 27.1. The Hall–Kier alpha value is -2.66. The predicted molar refractivity (Wildman–Crippen MR) is 227 cm³/mol. The van der Waals surface area contributed by atoms with Crippen LogP contribution in [0.3, 0.4) is 0 Å². The number of rotatable bonds is 22. The van der Waals surface area contributed by atoms with Crippen molar-refractivity contribution in [2.45, 2.75) is 200 Å². The predicted octanol–water partition coefficient (Wildman–Crippen LogP) is 8.86. The average molecular weight is 799 g/mol. The first kappa shape index (κ1) is 48.7. The number of amides is 1. The number of ether oxygens (including phenoxy) is 3. The molecule has 0 bridgehead atoms. The molecule has 8 atom stereocenters. The third kappa shape index (κ3) is 16.5. The fraction of sp³-hybridized carbons (Fsp3) is 0.787. The van der Waals surface area contributed by atoms with Gasteiger partial charge in [0.1, 0.15) is 18.2 Å². The van der Waals surface area contributed by atoms with E-state index in [0.29, 0.717) is 69.0 Å². The van der Waals surface area contributed by atoms with E-state index in [2.05, 4.69) is 33.8 Å². The molecular formula is C47H78N2O8. The number of hydrogen-bond acceptors (Lipinski definition) is 9. The standard InChI is InChI=1S/C47H78N2O8/c1-9-10-14-33(5)44(55-8)29-39-15-13-17-43(56-39)45(52)46(53)49-26-12-11-16-41(49)47(54)57-38(25-21-36-19-22-37(50)23-20-36)24-18-32(4)28-35(7)42(51)30-40(48)34(6)27-31(2)3/h9-10,14,28,31-32,34,36-39,41-44,48,50-51H,11-13,15-27,29-30H2,1-8H3/b10-9+,33-14+,35-28+,48-40?/t32-,34+,36-,37-,38-,39?,41-,42-,43?,44-/m0/s1. The van der Waals surface area contributed by atoms with Crippen LogP contribution in [-0.4, -0.2) is 94.8 Å². The number of hydrogen-bond donors (Lipinski definition) is 3. The van der Waals surface area contributed by atoms with Crippen LogP contribution in [0, 0.1) is 29.1 Å². The van der Waals surface area contributed by atoms with Gasteiger partial charge in [0, 0.05) is 32.2 Å². The van der Waals surface area contributed by atoms with Crippen molar-refractivity contribution in [1.82, 2.24) is 4.90 Å². The number of methoxy groups -OCH3 is 1. The van der Waals surface area contributed by atoms with Crippen molar-refractivity contribution < 1.29 is 38.8 Å². The molecule has 0 spiro atoms. The Kier molecular flexibility index (Phi) is 21.4. The molecule has 324 valence electrons. The van der Waals surface area contributed by atoms with E-state index in [-0.39, 0.29) is 36.3 Å². The maximum Gasteiger partial charge on any atom is 0.329 e. The number of Topliss-reactive ketones (excluding diaryl/α,β-unsaturated/α-hetero) is 1. The Balaban J connectivity index is 1.66. The number of carbonyl (C=O) groups is 3. The first-order valence-electron chi connectivity index (χ1n) is 22.3. The number of esters is 1. The molecule has 2 heterocycles. The molecule has 1 saturated carbocycles. The largest absolute Gasteiger partial charge is 0.461 e. The minimum absolute atomic E-state index is 0.116. The molecule has 57 heavy (non-hydrogen) atoms. The van der Waals surface area contributed by atoms with E-state index in [1.807, 2.05) is 39.0 Å². The lowest BCUT2D eigenvalue weighted by molar-refractivity contribution is -0.167. The summed E-state index contributed by atoms with van der Waals surface area (Å²) in [5.74, 6) is -0.485. The van der Waals surface area contributed by atoms with Crippen molar-refractivity contribution in [2.24, 2.45) is 23.7 Å². The molecule has 3 N–H and O–H groups in total. The van der Waals surface area contributed by atoms with Crippen molar-refractivity contribution in [3.8, 4) is 0 Å². The molecule has 10 heteroatoms. The second-order valence-electron chi connectivity index (χ2n) is 18.0. The molecule has 3 aliphatic rings. The molecule has 0 radical (unpaired) electrons. The van der Waals surface area contributed by atoms with Crippen molar-refractivity contribution in [2.75, 3.05) is 13.7 Å². The SMILES string of the molecule is C/C=C/C=C(\C)[C@H](CC1CCCC(C(=O)C(=O)N2CCCC[C@H]2C(=O)O[C@@H](CC[C@H](C)/C=C(\C)[C@@H](O)CC(=N)[C@H](C)CC(C)C)CC[C@H]2CC[C@H](O)CC2)O1)OC. The topological polar surface area (TPSA) is 146 Å². The summed E-state index contributed by atoms with van der Waals surface area (Å²) in [6.07, 6.45) is 17.8. The third-order valence-corrected chi connectivity index (χ3v) is 12.6. The summed E-state index contributed by atoms with van der Waals surface area (Å²) in [5, 5.41) is 29.5. The van der Waals surface area contributed by atoms with Gasteiger partial charge in [0.15, 0.2) is 0 Å². The van der Waals surface area contributed by atoms with Gasteiger partial charge in [-0.1, -0.05) is 52.0 Å². The monoisotopic (exact) mass is 799 g/mol. The Morgan fingerprint density at radius 2 is 1.65 bits per heavy atom. The highest BCUT2D eigenvalue weighted by Gasteiger charge is 2.41. The smallest absolute Gasteiger partial charge is 0.329 e. The van der Waals surface area contributed by atoms with E-state index >= 15 is 0 Å². The van der Waals surface area contributed by atoms with E-state index < -0.39 is 35.9 Å². The van der Waals surface area contributed by atoms with Crippen molar-refractivity contribution >= 4 is 23.4 Å². The minimum Gasteiger partial charge on any atom is -0.461 e. The summed E-state index contributed by atoms with van der Waals surface area (Å²) in [7, 11) is 1.67. The quantitative estimate of drug-likeness (QED) is 0.0324. The molecule has 2 aliphatic heterocycles. The summed E-state index contributed by atoms with van der Waals surface area (Å²) in [4.78, 5) is 43.1. The van der Waals surface area contributed by atoms with Crippen LogP contribution in [0.2, 0.25) is 0 Å². The second kappa shape index (κ2) is 25.1. The number of aliphatic hydroxyl groups excluding tert-OH is 2. The highest BCUT2D eigenvalue weighted by atomic mass is 16.5. The lowest BCUT2D eigenvalue weighted by Crippen LogP contribution is -2.54. The van der Waals surface area contributed by atoms with Gasteiger partial charge in [0.05, 0.1) is 24.4 Å². The Morgan fingerprint density at radius 3 is 2.32 bits per heavy atom. The maximum atomic E-state index is 14.0. The number of carbonyl (C=O) groups excluding carboxylic acids is 3. The Labute approximate surface area is 344 Å². The van der Waals surface area contributed by atoms with Gasteiger partial charge in [0.2, 0.25) is 5.78 Å². The molecule has 0 aromatic heterocycles. The van der Waals surface area contributed by atoms with Crippen LogP contribution in [0.25, 0.3) is 0 Å². The number of piperidine rings is 1. The van der Waals surface area contributed by atoms with Crippen molar-refractivity contribution in [3.05, 3.63) is 35.5 Å². The van der Waals surface area contributed by atoms with Gasteiger partial charge in [-0.05, 0) is 152 Å². The van der Waals surface area contributed by atoms with Crippen molar-refractivity contribution in [3.63, 3.8) is 0 Å². The van der Waals surface area contributed by atoms with Gasteiger partial charge < -0.3 is 34.7 Å². The van der Waals surface area contributed by atoms with Crippen LogP contribution >= 0.6 is 0 Å². The fourth-order valence-corrected chi connectivity index (χ4v) is 8.90. The van der Waals surface area contributed by atoms with E-state index in [0.717, 1.165) is 75.4 Å². The number of nitrogens with one attached hydrogen (secondary N) is 1. The zero-order valence-electron chi connectivity index (χ0n) is 36.7. The minimum atomic E-state index is -0.848. The summed E-state index contributed by atoms with van der Waals surface area (Å²) in [5.41, 5.74) is 2.49.